The van der Waals surface area contributed by atoms with Gasteiger partial charge in [0.1, 0.15) is 12.3 Å². The summed E-state index contributed by atoms with van der Waals surface area (Å²) in [5.74, 6) is -0.443. The summed E-state index contributed by atoms with van der Waals surface area (Å²) in [6, 6.07) is 12.7. The molecule has 4 aromatic rings. The predicted molar refractivity (Wildman–Crippen MR) is 113 cm³/mol. The third-order valence-electron chi connectivity index (χ3n) is 4.05. The molecule has 0 aromatic carbocycles. The van der Waals surface area contributed by atoms with E-state index < -0.39 is 5.97 Å². The smallest absolute Gasteiger partial charge is 0.340 e. The van der Waals surface area contributed by atoms with Crippen molar-refractivity contribution in [3.8, 4) is 0 Å². The fourth-order valence-corrected chi connectivity index (χ4v) is 4.11. The molecule has 0 saturated heterocycles. The predicted octanol–water partition coefficient (Wildman–Crippen LogP) is 4.41. The van der Waals surface area contributed by atoms with Gasteiger partial charge in [0, 0.05) is 22.0 Å². The highest BCUT2D eigenvalue weighted by Crippen LogP contribution is 2.26. The Bertz CT molecular complexity index is 1210. The number of ether oxygens (including phenoxy) is 1. The SMILES string of the molecule is Cc1ccc2nc(COC(=O)/C(=C/c3cccs3)c3cccs3)cc(=O)n2c1. The Hall–Kier alpha value is -3.03. The first kappa shape index (κ1) is 18.3. The van der Waals surface area contributed by atoms with Crippen molar-refractivity contribution >= 4 is 45.9 Å². The fraction of sp³-hybridized carbons (Fsp3) is 0.0952. The number of rotatable bonds is 5. The Labute approximate surface area is 169 Å². The van der Waals surface area contributed by atoms with Crippen molar-refractivity contribution in [3.63, 3.8) is 0 Å². The van der Waals surface area contributed by atoms with Gasteiger partial charge < -0.3 is 4.74 Å². The minimum Gasteiger partial charge on any atom is -0.456 e. The first-order valence-electron chi connectivity index (χ1n) is 8.55. The maximum absolute atomic E-state index is 12.7. The zero-order valence-corrected chi connectivity index (χ0v) is 16.6. The largest absolute Gasteiger partial charge is 0.456 e. The second-order valence-electron chi connectivity index (χ2n) is 6.15. The Morgan fingerprint density at radius 2 is 2.00 bits per heavy atom. The van der Waals surface area contributed by atoms with Crippen LogP contribution < -0.4 is 5.56 Å². The summed E-state index contributed by atoms with van der Waals surface area (Å²) < 4.78 is 6.96. The quantitative estimate of drug-likeness (QED) is 0.363. The molecule has 0 atom stereocenters. The van der Waals surface area contributed by atoms with E-state index >= 15 is 0 Å². The van der Waals surface area contributed by atoms with Gasteiger partial charge in [0.15, 0.2) is 0 Å². The van der Waals surface area contributed by atoms with Crippen molar-refractivity contribution in [2.75, 3.05) is 0 Å². The van der Waals surface area contributed by atoms with Gasteiger partial charge in [-0.05, 0) is 47.5 Å². The molecule has 0 N–H and O–H groups in total. The van der Waals surface area contributed by atoms with E-state index in [1.165, 1.54) is 21.8 Å². The number of aryl methyl sites for hydroxylation is 1. The van der Waals surface area contributed by atoms with Crippen molar-refractivity contribution in [3.05, 3.63) is 90.8 Å². The first-order chi connectivity index (χ1) is 13.6. The van der Waals surface area contributed by atoms with Crippen LogP contribution in [0.5, 0.6) is 0 Å². The van der Waals surface area contributed by atoms with Gasteiger partial charge in [0.05, 0.1) is 11.3 Å². The van der Waals surface area contributed by atoms with Crippen molar-refractivity contribution in [2.24, 2.45) is 0 Å². The minimum atomic E-state index is -0.443. The number of fused-ring (bicyclic) bond motifs is 1. The van der Waals surface area contributed by atoms with Crippen molar-refractivity contribution in [1.29, 1.82) is 0 Å². The Balaban J connectivity index is 1.58. The number of thiophene rings is 2. The molecule has 0 aliphatic rings. The van der Waals surface area contributed by atoms with Crippen molar-refractivity contribution in [1.82, 2.24) is 9.38 Å². The zero-order valence-electron chi connectivity index (χ0n) is 15.0. The fourth-order valence-electron chi connectivity index (χ4n) is 2.73. The van der Waals surface area contributed by atoms with Crippen LogP contribution in [0.4, 0.5) is 0 Å². The van der Waals surface area contributed by atoms with Crippen LogP contribution in [-0.4, -0.2) is 15.4 Å². The molecule has 4 rings (SSSR count). The third kappa shape index (κ3) is 3.95. The molecule has 7 heteroatoms. The van der Waals surface area contributed by atoms with Gasteiger partial charge in [0.25, 0.3) is 5.56 Å². The lowest BCUT2D eigenvalue weighted by Crippen LogP contribution is -2.17. The maximum atomic E-state index is 12.7. The summed E-state index contributed by atoms with van der Waals surface area (Å²) in [5.41, 5.74) is 2.20. The molecule has 0 bridgehead atoms. The van der Waals surface area contributed by atoms with Gasteiger partial charge in [-0.1, -0.05) is 18.2 Å². The van der Waals surface area contributed by atoms with E-state index in [1.54, 1.807) is 23.6 Å². The number of carbonyl (C=O) groups excluding carboxylic acids is 1. The monoisotopic (exact) mass is 408 g/mol. The third-order valence-corrected chi connectivity index (χ3v) is 5.77. The number of carbonyl (C=O) groups is 1. The van der Waals surface area contributed by atoms with E-state index in [-0.39, 0.29) is 12.2 Å². The second kappa shape index (κ2) is 7.92. The number of hydrogen-bond donors (Lipinski definition) is 0. The molecule has 0 amide bonds. The Morgan fingerprint density at radius 1 is 1.18 bits per heavy atom. The lowest BCUT2D eigenvalue weighted by atomic mass is 10.2. The summed E-state index contributed by atoms with van der Waals surface area (Å²) in [6.07, 6.45) is 3.56. The molecular formula is C21H16N2O3S2. The highest BCUT2D eigenvalue weighted by atomic mass is 32.1. The Morgan fingerprint density at radius 3 is 2.75 bits per heavy atom. The average molecular weight is 409 g/mol. The molecule has 0 radical (unpaired) electrons. The van der Waals surface area contributed by atoms with Crippen LogP contribution in [0, 0.1) is 6.92 Å². The van der Waals surface area contributed by atoms with Gasteiger partial charge in [-0.15, -0.1) is 22.7 Å². The van der Waals surface area contributed by atoms with E-state index in [9.17, 15) is 9.59 Å². The van der Waals surface area contributed by atoms with E-state index in [4.69, 9.17) is 4.74 Å². The maximum Gasteiger partial charge on any atom is 0.340 e. The van der Waals surface area contributed by atoms with Crippen LogP contribution in [0.25, 0.3) is 17.3 Å². The average Bonchev–Trinajstić information content (AvgIpc) is 3.38. The molecule has 0 fully saturated rings. The summed E-state index contributed by atoms with van der Waals surface area (Å²) >= 11 is 3.02. The Kier molecular flexibility index (Phi) is 5.18. The molecule has 0 spiro atoms. The van der Waals surface area contributed by atoms with Gasteiger partial charge >= 0.3 is 5.97 Å². The van der Waals surface area contributed by atoms with Gasteiger partial charge in [-0.25, -0.2) is 9.78 Å². The normalized spacial score (nSPS) is 11.7. The van der Waals surface area contributed by atoms with Crippen LogP contribution in [0.2, 0.25) is 0 Å². The second-order valence-corrected chi connectivity index (χ2v) is 8.07. The molecule has 0 unspecified atom stereocenters. The molecule has 28 heavy (non-hydrogen) atoms. The number of aromatic nitrogens is 2. The van der Waals surface area contributed by atoms with Crippen LogP contribution in [-0.2, 0) is 16.1 Å². The lowest BCUT2D eigenvalue weighted by molar-refractivity contribution is -0.137. The van der Waals surface area contributed by atoms with E-state index in [2.05, 4.69) is 4.98 Å². The summed E-state index contributed by atoms with van der Waals surface area (Å²) in [4.78, 5) is 31.3. The van der Waals surface area contributed by atoms with E-state index in [1.807, 2.05) is 54.1 Å². The standard InChI is InChI=1S/C21H16N2O3S2/c1-14-6-7-19-22-15(10-20(24)23(19)12-14)13-26-21(25)17(18-5-3-9-28-18)11-16-4-2-8-27-16/h2-12H,13H2,1H3/b17-11+. The summed E-state index contributed by atoms with van der Waals surface area (Å²) in [5, 5.41) is 3.87. The molecule has 0 aliphatic carbocycles. The van der Waals surface area contributed by atoms with E-state index in [0.29, 0.717) is 16.9 Å². The molecule has 0 aliphatic heterocycles. The summed E-state index contributed by atoms with van der Waals surface area (Å²) in [7, 11) is 0. The number of hydrogen-bond acceptors (Lipinski definition) is 6. The van der Waals surface area contributed by atoms with Crippen LogP contribution in [0.3, 0.4) is 0 Å². The number of pyridine rings is 1. The van der Waals surface area contributed by atoms with Crippen LogP contribution in [0.1, 0.15) is 21.0 Å². The molecule has 140 valence electrons. The van der Waals surface area contributed by atoms with Gasteiger partial charge in [-0.3, -0.25) is 9.20 Å². The highest BCUT2D eigenvalue weighted by Gasteiger charge is 2.16. The van der Waals surface area contributed by atoms with Crippen molar-refractivity contribution in [2.45, 2.75) is 13.5 Å². The highest BCUT2D eigenvalue weighted by molar-refractivity contribution is 7.12. The van der Waals surface area contributed by atoms with Crippen LogP contribution in [0.15, 0.2) is 64.2 Å². The van der Waals surface area contributed by atoms with Crippen molar-refractivity contribution < 1.29 is 9.53 Å². The molecule has 0 saturated carbocycles. The lowest BCUT2D eigenvalue weighted by Gasteiger charge is -2.08. The topological polar surface area (TPSA) is 60.7 Å². The molecule has 4 heterocycles. The van der Waals surface area contributed by atoms with Gasteiger partial charge in [0.2, 0.25) is 0 Å². The van der Waals surface area contributed by atoms with E-state index in [0.717, 1.165) is 15.3 Å². The molecule has 5 nitrogen and oxygen atoms in total. The molecular weight excluding hydrogens is 392 g/mol. The summed E-state index contributed by atoms with van der Waals surface area (Å²) in [6.45, 7) is 1.85. The first-order valence-corrected chi connectivity index (χ1v) is 10.3. The minimum absolute atomic E-state index is 0.0639. The number of nitrogens with zero attached hydrogens (tertiary/aromatic N) is 2. The van der Waals surface area contributed by atoms with Gasteiger partial charge in [-0.2, -0.15) is 0 Å². The number of esters is 1. The zero-order chi connectivity index (χ0) is 19.5. The van der Waals surface area contributed by atoms with Crippen LogP contribution >= 0.6 is 22.7 Å². The molecule has 4 aromatic heterocycles.